The third kappa shape index (κ3) is 2.44. The average Bonchev–Trinajstić information content (AvgIpc) is 2.93. The first kappa shape index (κ1) is 12.8. The molecule has 8 heteroatoms. The summed E-state index contributed by atoms with van der Waals surface area (Å²) in [7, 11) is 3.26. The Balaban J connectivity index is 2.07. The van der Waals surface area contributed by atoms with Crippen LogP contribution < -0.4 is 5.32 Å². The molecule has 1 aromatic heterocycles. The Hall–Kier alpha value is -1.67. The number of rotatable bonds is 5. The average molecular weight is 256 g/mol. The van der Waals surface area contributed by atoms with Gasteiger partial charge in [0, 0.05) is 33.7 Å². The van der Waals surface area contributed by atoms with E-state index in [-0.39, 0.29) is 11.5 Å². The minimum Gasteiger partial charge on any atom is -0.378 e. The number of anilines is 1. The molecule has 2 rings (SSSR count). The smallest absolute Gasteiger partial charge is 0.330 e. The molecule has 2 heterocycles. The van der Waals surface area contributed by atoms with Crippen molar-refractivity contribution in [1.29, 1.82) is 0 Å². The Morgan fingerprint density at radius 3 is 3.11 bits per heavy atom. The summed E-state index contributed by atoms with van der Waals surface area (Å²) in [4.78, 5) is 10.4. The third-order valence-electron chi connectivity index (χ3n) is 3.08. The molecule has 1 aliphatic heterocycles. The number of ether oxygens (including phenoxy) is 2. The Morgan fingerprint density at radius 1 is 1.78 bits per heavy atom. The van der Waals surface area contributed by atoms with Gasteiger partial charge >= 0.3 is 5.69 Å². The fourth-order valence-electron chi connectivity index (χ4n) is 1.94. The van der Waals surface area contributed by atoms with E-state index >= 15 is 0 Å². The molecule has 1 unspecified atom stereocenters. The molecule has 8 nitrogen and oxygen atoms in total. The van der Waals surface area contributed by atoms with Gasteiger partial charge in [0.1, 0.15) is 11.8 Å². The van der Waals surface area contributed by atoms with Crippen molar-refractivity contribution in [2.24, 2.45) is 7.05 Å². The largest absolute Gasteiger partial charge is 0.378 e. The van der Waals surface area contributed by atoms with Crippen LogP contribution in [0.1, 0.15) is 6.42 Å². The maximum Gasteiger partial charge on any atom is 0.330 e. The SMILES string of the molecule is COC1(CNc2nn(C)cc2[N+](=O)[O-])CCOC1. The summed E-state index contributed by atoms with van der Waals surface area (Å²) in [5, 5.41) is 17.8. The van der Waals surface area contributed by atoms with E-state index in [9.17, 15) is 10.1 Å². The number of aromatic nitrogens is 2. The zero-order valence-electron chi connectivity index (χ0n) is 10.4. The quantitative estimate of drug-likeness (QED) is 0.611. The first-order valence-electron chi connectivity index (χ1n) is 5.61. The molecule has 1 atom stereocenters. The highest BCUT2D eigenvalue weighted by molar-refractivity contribution is 5.54. The summed E-state index contributed by atoms with van der Waals surface area (Å²) in [6.07, 6.45) is 2.13. The molecule has 1 saturated heterocycles. The molecule has 0 saturated carbocycles. The maximum absolute atomic E-state index is 10.8. The summed E-state index contributed by atoms with van der Waals surface area (Å²) in [6, 6.07) is 0. The van der Waals surface area contributed by atoms with E-state index in [1.165, 1.54) is 10.9 Å². The van der Waals surface area contributed by atoms with Crippen molar-refractivity contribution in [2.75, 3.05) is 32.2 Å². The number of aryl methyl sites for hydroxylation is 1. The Bertz CT molecular complexity index is 439. The predicted molar refractivity (Wildman–Crippen MR) is 63.5 cm³/mol. The highest BCUT2D eigenvalue weighted by Crippen LogP contribution is 2.26. The van der Waals surface area contributed by atoms with Gasteiger partial charge in [-0.15, -0.1) is 5.10 Å². The molecule has 0 spiro atoms. The first-order valence-corrected chi connectivity index (χ1v) is 5.61. The molecule has 100 valence electrons. The van der Waals surface area contributed by atoms with E-state index < -0.39 is 10.5 Å². The van der Waals surface area contributed by atoms with Crippen molar-refractivity contribution >= 4 is 11.5 Å². The van der Waals surface area contributed by atoms with Crippen LogP contribution in [0.15, 0.2) is 6.20 Å². The number of nitro groups is 1. The van der Waals surface area contributed by atoms with E-state index in [0.717, 1.165) is 6.42 Å². The van der Waals surface area contributed by atoms with Crippen LogP contribution in [0.4, 0.5) is 11.5 Å². The van der Waals surface area contributed by atoms with Gasteiger partial charge in [0.25, 0.3) is 0 Å². The molecular formula is C10H16N4O4. The van der Waals surface area contributed by atoms with Gasteiger partial charge in [-0.05, 0) is 0 Å². The molecule has 18 heavy (non-hydrogen) atoms. The molecule has 1 aliphatic rings. The molecule has 0 aliphatic carbocycles. The second-order valence-electron chi connectivity index (χ2n) is 4.34. The van der Waals surface area contributed by atoms with E-state index in [1.807, 2.05) is 0 Å². The van der Waals surface area contributed by atoms with Gasteiger partial charge in [0.05, 0.1) is 11.5 Å². The molecule has 1 aromatic rings. The number of nitrogens with zero attached hydrogens (tertiary/aromatic N) is 3. The van der Waals surface area contributed by atoms with Crippen LogP contribution in [0.2, 0.25) is 0 Å². The summed E-state index contributed by atoms with van der Waals surface area (Å²) in [5.74, 6) is 0.255. The van der Waals surface area contributed by atoms with Crippen molar-refractivity contribution < 1.29 is 14.4 Å². The fraction of sp³-hybridized carbons (Fsp3) is 0.700. The lowest BCUT2D eigenvalue weighted by Crippen LogP contribution is -2.39. The Kier molecular flexibility index (Phi) is 3.48. The molecule has 1 fully saturated rings. The van der Waals surface area contributed by atoms with Crippen molar-refractivity contribution in [2.45, 2.75) is 12.0 Å². The van der Waals surface area contributed by atoms with Crippen LogP contribution in [0.5, 0.6) is 0 Å². The van der Waals surface area contributed by atoms with Crippen LogP contribution in [0.3, 0.4) is 0 Å². The Labute approximate surface area is 104 Å². The van der Waals surface area contributed by atoms with Gasteiger partial charge in [-0.3, -0.25) is 14.8 Å². The van der Waals surface area contributed by atoms with Gasteiger partial charge < -0.3 is 14.8 Å². The summed E-state index contributed by atoms with van der Waals surface area (Å²) < 4.78 is 12.1. The first-order chi connectivity index (χ1) is 8.56. The number of hydrogen-bond acceptors (Lipinski definition) is 6. The van der Waals surface area contributed by atoms with E-state index in [4.69, 9.17) is 9.47 Å². The summed E-state index contributed by atoms with van der Waals surface area (Å²) in [6.45, 7) is 1.55. The van der Waals surface area contributed by atoms with Gasteiger partial charge in [-0.2, -0.15) is 0 Å². The van der Waals surface area contributed by atoms with E-state index in [2.05, 4.69) is 10.4 Å². The molecular weight excluding hydrogens is 240 g/mol. The van der Waals surface area contributed by atoms with E-state index in [0.29, 0.717) is 19.8 Å². The fourth-order valence-corrected chi connectivity index (χ4v) is 1.94. The van der Waals surface area contributed by atoms with Gasteiger partial charge in [-0.1, -0.05) is 0 Å². The standard InChI is InChI=1S/C10H16N4O4/c1-13-5-8(14(15)16)9(12-13)11-6-10(17-2)3-4-18-7-10/h5H,3-4,6-7H2,1-2H3,(H,11,12). The molecule has 0 radical (unpaired) electrons. The van der Waals surface area contributed by atoms with Crippen molar-refractivity contribution in [3.63, 3.8) is 0 Å². The van der Waals surface area contributed by atoms with E-state index in [1.54, 1.807) is 14.2 Å². The monoisotopic (exact) mass is 256 g/mol. The third-order valence-corrected chi connectivity index (χ3v) is 3.08. The van der Waals surface area contributed by atoms with Gasteiger partial charge in [-0.25, -0.2) is 0 Å². The lowest BCUT2D eigenvalue weighted by Gasteiger charge is -2.25. The minimum atomic E-state index is -0.458. The summed E-state index contributed by atoms with van der Waals surface area (Å²) in [5.41, 5.74) is -0.464. The van der Waals surface area contributed by atoms with Crippen LogP contribution in [0.25, 0.3) is 0 Å². The normalized spacial score (nSPS) is 23.2. The predicted octanol–water partition coefficient (Wildman–Crippen LogP) is 0.546. The zero-order valence-corrected chi connectivity index (χ0v) is 10.4. The molecule has 0 bridgehead atoms. The summed E-state index contributed by atoms with van der Waals surface area (Å²) >= 11 is 0. The van der Waals surface area contributed by atoms with Crippen molar-refractivity contribution in [1.82, 2.24) is 9.78 Å². The van der Waals surface area contributed by atoms with Crippen LogP contribution >= 0.6 is 0 Å². The number of methoxy groups -OCH3 is 1. The number of nitrogens with one attached hydrogen (secondary N) is 1. The Morgan fingerprint density at radius 2 is 2.56 bits per heavy atom. The zero-order chi connectivity index (χ0) is 13.2. The van der Waals surface area contributed by atoms with Crippen molar-refractivity contribution in [3.05, 3.63) is 16.3 Å². The number of hydrogen-bond donors (Lipinski definition) is 1. The lowest BCUT2D eigenvalue weighted by atomic mass is 10.0. The maximum atomic E-state index is 10.8. The highest BCUT2D eigenvalue weighted by Gasteiger charge is 2.35. The second kappa shape index (κ2) is 4.91. The minimum absolute atomic E-state index is 0.0392. The van der Waals surface area contributed by atoms with Crippen LogP contribution in [-0.2, 0) is 16.5 Å². The highest BCUT2D eigenvalue weighted by atomic mass is 16.6. The lowest BCUT2D eigenvalue weighted by molar-refractivity contribution is -0.384. The second-order valence-corrected chi connectivity index (χ2v) is 4.34. The van der Waals surface area contributed by atoms with Crippen LogP contribution in [-0.4, -0.2) is 47.2 Å². The van der Waals surface area contributed by atoms with Gasteiger partial charge in [0.2, 0.25) is 5.82 Å². The topological polar surface area (TPSA) is 91.5 Å². The molecule has 0 aromatic carbocycles. The van der Waals surface area contributed by atoms with Gasteiger partial charge in [0.15, 0.2) is 0 Å². The van der Waals surface area contributed by atoms with Crippen molar-refractivity contribution in [3.8, 4) is 0 Å². The van der Waals surface area contributed by atoms with Crippen LogP contribution in [0, 0.1) is 10.1 Å². The molecule has 0 amide bonds. The molecule has 1 N–H and O–H groups in total.